The molecule has 1 atom stereocenters. The molecule has 2 N–H and O–H groups in total. The molecule has 0 saturated carbocycles. The lowest BCUT2D eigenvalue weighted by Gasteiger charge is -2.34. The molecule has 2 aromatic rings. The summed E-state index contributed by atoms with van der Waals surface area (Å²) in [7, 11) is 1.62. The van der Waals surface area contributed by atoms with E-state index in [4.69, 9.17) is 18.9 Å². The van der Waals surface area contributed by atoms with E-state index < -0.39 is 11.8 Å². The second-order valence-electron chi connectivity index (χ2n) is 7.46. The molecule has 0 bridgehead atoms. The zero-order valence-corrected chi connectivity index (χ0v) is 18.0. The highest BCUT2D eigenvalue weighted by molar-refractivity contribution is 6.39. The van der Waals surface area contributed by atoms with Crippen molar-refractivity contribution < 1.29 is 28.5 Å². The Morgan fingerprint density at radius 2 is 1.69 bits per heavy atom. The van der Waals surface area contributed by atoms with Crippen LogP contribution in [-0.2, 0) is 14.3 Å². The number of amides is 2. The van der Waals surface area contributed by atoms with Gasteiger partial charge in [0.15, 0.2) is 11.5 Å². The normalized spacial score (nSPS) is 16.7. The predicted molar refractivity (Wildman–Crippen MR) is 117 cm³/mol. The summed E-state index contributed by atoms with van der Waals surface area (Å²) >= 11 is 0. The van der Waals surface area contributed by atoms with Crippen molar-refractivity contribution in [3.8, 4) is 17.2 Å². The molecule has 1 saturated heterocycles. The van der Waals surface area contributed by atoms with E-state index in [1.165, 1.54) is 0 Å². The maximum Gasteiger partial charge on any atom is 0.313 e. The summed E-state index contributed by atoms with van der Waals surface area (Å²) in [4.78, 5) is 27.2. The van der Waals surface area contributed by atoms with Gasteiger partial charge >= 0.3 is 11.8 Å². The molecule has 2 heterocycles. The fourth-order valence-electron chi connectivity index (χ4n) is 3.75. The van der Waals surface area contributed by atoms with Crippen molar-refractivity contribution in [3.05, 3.63) is 48.0 Å². The molecular weight excluding hydrogens is 414 g/mol. The van der Waals surface area contributed by atoms with Gasteiger partial charge in [-0.3, -0.25) is 14.5 Å². The van der Waals surface area contributed by atoms with E-state index in [1.807, 2.05) is 24.3 Å². The smallest absolute Gasteiger partial charge is 0.313 e. The monoisotopic (exact) mass is 441 g/mol. The van der Waals surface area contributed by atoms with Crippen LogP contribution < -0.4 is 24.8 Å². The molecule has 0 radical (unpaired) electrons. The Bertz CT molecular complexity index is 943. The highest BCUT2D eigenvalue weighted by Crippen LogP contribution is 2.32. The van der Waals surface area contributed by atoms with Crippen molar-refractivity contribution >= 4 is 17.5 Å². The molecule has 32 heavy (non-hydrogen) atoms. The number of morpholine rings is 1. The number of rotatable bonds is 6. The Hall–Kier alpha value is -3.30. The van der Waals surface area contributed by atoms with Gasteiger partial charge in [0, 0.05) is 31.4 Å². The summed E-state index contributed by atoms with van der Waals surface area (Å²) < 4.78 is 21.7. The van der Waals surface area contributed by atoms with E-state index in [1.54, 1.807) is 25.3 Å². The number of nitrogens with zero attached hydrogens (tertiary/aromatic N) is 1. The van der Waals surface area contributed by atoms with Crippen LogP contribution in [0.5, 0.6) is 17.2 Å². The second-order valence-corrected chi connectivity index (χ2v) is 7.46. The molecule has 1 unspecified atom stereocenters. The number of carbonyl (C=O) groups excluding carboxylic acids is 2. The van der Waals surface area contributed by atoms with Gasteiger partial charge in [-0.1, -0.05) is 12.1 Å². The number of hydrogen-bond acceptors (Lipinski definition) is 7. The largest absolute Gasteiger partial charge is 0.497 e. The van der Waals surface area contributed by atoms with E-state index in [0.717, 1.165) is 24.4 Å². The van der Waals surface area contributed by atoms with Crippen LogP contribution in [0.2, 0.25) is 0 Å². The molecule has 2 amide bonds. The topological polar surface area (TPSA) is 98.4 Å². The first-order valence-corrected chi connectivity index (χ1v) is 10.6. The Morgan fingerprint density at radius 3 is 2.41 bits per heavy atom. The number of anilines is 1. The molecule has 9 heteroatoms. The number of hydrogen-bond donors (Lipinski definition) is 2. The number of ether oxygens (including phenoxy) is 4. The third kappa shape index (κ3) is 5.30. The van der Waals surface area contributed by atoms with Crippen molar-refractivity contribution in [2.24, 2.45) is 0 Å². The van der Waals surface area contributed by atoms with Gasteiger partial charge in [-0.15, -0.1) is 0 Å². The van der Waals surface area contributed by atoms with Gasteiger partial charge in [0.2, 0.25) is 0 Å². The van der Waals surface area contributed by atoms with Crippen LogP contribution in [-0.4, -0.2) is 69.9 Å². The standard InChI is InChI=1S/C23H27N3O6/c1-29-18-5-2-16(3-6-18)19(26-8-10-30-11-9-26)15-24-22(27)23(28)25-17-4-7-20-21(14-17)32-13-12-31-20/h2-7,14,19H,8-13,15H2,1H3,(H,24,27)(H,25,28). The summed E-state index contributed by atoms with van der Waals surface area (Å²) in [6, 6.07) is 12.7. The SMILES string of the molecule is COc1ccc(C(CNC(=O)C(=O)Nc2ccc3c(c2)OCCO3)N2CCOCC2)cc1. The van der Waals surface area contributed by atoms with Gasteiger partial charge in [0.25, 0.3) is 0 Å². The van der Waals surface area contributed by atoms with Crippen molar-refractivity contribution in [3.63, 3.8) is 0 Å². The maximum atomic E-state index is 12.5. The van der Waals surface area contributed by atoms with Gasteiger partial charge in [0.1, 0.15) is 19.0 Å². The van der Waals surface area contributed by atoms with Crippen molar-refractivity contribution in [1.82, 2.24) is 10.2 Å². The number of fused-ring (bicyclic) bond motifs is 1. The Morgan fingerprint density at radius 1 is 0.969 bits per heavy atom. The Balaban J connectivity index is 1.39. The number of nitrogens with one attached hydrogen (secondary N) is 2. The van der Waals surface area contributed by atoms with Gasteiger partial charge < -0.3 is 29.6 Å². The summed E-state index contributed by atoms with van der Waals surface area (Å²) in [6.07, 6.45) is 0. The quantitative estimate of drug-likeness (QED) is 0.657. The fourth-order valence-corrected chi connectivity index (χ4v) is 3.75. The fraction of sp³-hybridized carbons (Fsp3) is 0.391. The van der Waals surface area contributed by atoms with Crippen LogP contribution in [0.3, 0.4) is 0 Å². The predicted octanol–water partition coefficient (Wildman–Crippen LogP) is 1.59. The molecule has 1 fully saturated rings. The summed E-state index contributed by atoms with van der Waals surface area (Å²) in [5, 5.41) is 5.38. The lowest BCUT2D eigenvalue weighted by atomic mass is 10.0. The maximum absolute atomic E-state index is 12.5. The van der Waals surface area contributed by atoms with Crippen molar-refractivity contribution in [2.45, 2.75) is 6.04 Å². The molecule has 2 aromatic carbocycles. The number of carbonyl (C=O) groups is 2. The minimum atomic E-state index is -0.739. The van der Waals surface area contributed by atoms with E-state index in [-0.39, 0.29) is 6.04 Å². The average Bonchev–Trinajstić information content (AvgIpc) is 2.85. The molecule has 2 aliphatic rings. The van der Waals surface area contributed by atoms with E-state index >= 15 is 0 Å². The zero-order valence-electron chi connectivity index (χ0n) is 18.0. The minimum absolute atomic E-state index is 0.0872. The molecule has 0 aromatic heterocycles. The summed E-state index contributed by atoms with van der Waals surface area (Å²) in [6.45, 7) is 3.97. The molecule has 0 spiro atoms. The van der Waals surface area contributed by atoms with Crippen molar-refractivity contribution in [2.75, 3.05) is 58.5 Å². The molecule has 0 aliphatic carbocycles. The summed E-state index contributed by atoms with van der Waals surface area (Å²) in [5.74, 6) is 0.481. The van der Waals surface area contributed by atoms with Crippen LogP contribution in [0.25, 0.3) is 0 Å². The highest BCUT2D eigenvalue weighted by atomic mass is 16.6. The Kier molecular flexibility index (Phi) is 7.08. The van der Waals surface area contributed by atoms with E-state index in [2.05, 4.69) is 15.5 Å². The lowest BCUT2D eigenvalue weighted by Crippen LogP contribution is -2.45. The summed E-state index contributed by atoms with van der Waals surface area (Å²) in [5.41, 5.74) is 1.49. The molecular formula is C23H27N3O6. The first kappa shape index (κ1) is 21.9. The van der Waals surface area contributed by atoms with Crippen LogP contribution in [0, 0.1) is 0 Å². The highest BCUT2D eigenvalue weighted by Gasteiger charge is 2.25. The third-order valence-corrected chi connectivity index (χ3v) is 5.45. The zero-order chi connectivity index (χ0) is 22.3. The Labute approximate surface area is 186 Å². The van der Waals surface area contributed by atoms with Crippen LogP contribution >= 0.6 is 0 Å². The first-order chi connectivity index (χ1) is 15.6. The molecule has 9 nitrogen and oxygen atoms in total. The number of benzene rings is 2. The number of methoxy groups -OCH3 is 1. The molecule has 170 valence electrons. The molecule has 2 aliphatic heterocycles. The van der Waals surface area contributed by atoms with Gasteiger partial charge in [-0.25, -0.2) is 0 Å². The average molecular weight is 441 g/mol. The van der Waals surface area contributed by atoms with E-state index in [0.29, 0.717) is 50.2 Å². The lowest BCUT2D eigenvalue weighted by molar-refractivity contribution is -0.136. The molecule has 4 rings (SSSR count). The second kappa shape index (κ2) is 10.3. The van der Waals surface area contributed by atoms with Gasteiger partial charge in [0.05, 0.1) is 26.4 Å². The van der Waals surface area contributed by atoms with Gasteiger partial charge in [-0.05, 0) is 29.8 Å². The van der Waals surface area contributed by atoms with Gasteiger partial charge in [-0.2, -0.15) is 0 Å². The van der Waals surface area contributed by atoms with Crippen molar-refractivity contribution in [1.29, 1.82) is 0 Å². The van der Waals surface area contributed by atoms with Crippen LogP contribution in [0.4, 0.5) is 5.69 Å². The minimum Gasteiger partial charge on any atom is -0.497 e. The van der Waals surface area contributed by atoms with Crippen LogP contribution in [0.1, 0.15) is 11.6 Å². The third-order valence-electron chi connectivity index (χ3n) is 5.45. The van der Waals surface area contributed by atoms with Crippen LogP contribution in [0.15, 0.2) is 42.5 Å². The first-order valence-electron chi connectivity index (χ1n) is 10.6. The van der Waals surface area contributed by atoms with E-state index in [9.17, 15) is 9.59 Å².